The van der Waals surface area contributed by atoms with Crippen molar-refractivity contribution >= 4 is 15.9 Å². The van der Waals surface area contributed by atoms with E-state index in [1.54, 1.807) is 0 Å². The van der Waals surface area contributed by atoms with Crippen LogP contribution < -0.4 is 0 Å². The van der Waals surface area contributed by atoms with Gasteiger partial charge in [0.05, 0.1) is 0 Å². The molecule has 2 aromatic rings. The molecule has 2 rings (SSSR count). The van der Waals surface area contributed by atoms with Crippen LogP contribution in [0.5, 0.6) is 0 Å². The lowest BCUT2D eigenvalue weighted by molar-refractivity contribution is 1.45. The monoisotopic (exact) mass is 245 g/mol. The van der Waals surface area contributed by atoms with Crippen molar-refractivity contribution in [2.45, 2.75) is 6.92 Å². The predicted octanol–water partition coefficient (Wildman–Crippen LogP) is 4.22. The summed E-state index contributed by atoms with van der Waals surface area (Å²) in [5, 5.41) is 0. The Balaban J connectivity index is 2.40. The van der Waals surface area contributed by atoms with Gasteiger partial charge < -0.3 is 0 Å². The van der Waals surface area contributed by atoms with Gasteiger partial charge in [0.2, 0.25) is 0 Å². The molecule has 0 spiro atoms. The second kappa shape index (κ2) is 3.97. The molecular formula is C13H10Br. The molecule has 0 saturated carbocycles. The third kappa shape index (κ3) is 2.05. The smallest absolute Gasteiger partial charge is 0.0175 e. The SMILES string of the molecule is Cc1[c]cc(-c2ccc(Br)cc2)cc1. The molecule has 1 heteroatoms. The van der Waals surface area contributed by atoms with E-state index in [1.807, 2.05) is 13.0 Å². The van der Waals surface area contributed by atoms with Crippen molar-refractivity contribution in [3.05, 3.63) is 58.6 Å². The van der Waals surface area contributed by atoms with E-state index in [2.05, 4.69) is 58.4 Å². The lowest BCUT2D eigenvalue weighted by Gasteiger charge is -2.01. The first-order chi connectivity index (χ1) is 6.75. The minimum atomic E-state index is 1.11. The highest BCUT2D eigenvalue weighted by Gasteiger charge is 1.96. The first-order valence-corrected chi connectivity index (χ1v) is 5.29. The fraction of sp³-hybridized carbons (Fsp3) is 0.0769. The summed E-state index contributed by atoms with van der Waals surface area (Å²) in [7, 11) is 0. The molecule has 0 unspecified atom stereocenters. The molecule has 0 atom stereocenters. The molecule has 0 nitrogen and oxygen atoms in total. The average Bonchev–Trinajstić information content (AvgIpc) is 2.21. The van der Waals surface area contributed by atoms with E-state index in [9.17, 15) is 0 Å². The molecule has 0 aliphatic rings. The maximum atomic E-state index is 3.42. The summed E-state index contributed by atoms with van der Waals surface area (Å²) >= 11 is 3.42. The van der Waals surface area contributed by atoms with Gasteiger partial charge in [-0.2, -0.15) is 0 Å². The number of rotatable bonds is 1. The van der Waals surface area contributed by atoms with Crippen LogP contribution in [-0.2, 0) is 0 Å². The van der Waals surface area contributed by atoms with Crippen molar-refractivity contribution in [2.75, 3.05) is 0 Å². The molecule has 0 fully saturated rings. The lowest BCUT2D eigenvalue weighted by Crippen LogP contribution is -1.78. The predicted molar refractivity (Wildman–Crippen MR) is 63.2 cm³/mol. The van der Waals surface area contributed by atoms with Gasteiger partial charge in [-0.1, -0.05) is 40.2 Å². The highest BCUT2D eigenvalue weighted by Crippen LogP contribution is 2.21. The third-order valence-electron chi connectivity index (χ3n) is 2.15. The summed E-state index contributed by atoms with van der Waals surface area (Å²) in [5.74, 6) is 0. The summed E-state index contributed by atoms with van der Waals surface area (Å²) < 4.78 is 1.11. The fourth-order valence-electron chi connectivity index (χ4n) is 1.32. The number of halogens is 1. The molecule has 2 aromatic carbocycles. The molecule has 0 amide bonds. The van der Waals surface area contributed by atoms with E-state index in [1.165, 1.54) is 16.7 Å². The summed E-state index contributed by atoms with van der Waals surface area (Å²) in [6.45, 7) is 2.05. The van der Waals surface area contributed by atoms with E-state index >= 15 is 0 Å². The first kappa shape index (κ1) is 9.47. The molecule has 14 heavy (non-hydrogen) atoms. The van der Waals surface area contributed by atoms with Crippen LogP contribution in [0.25, 0.3) is 11.1 Å². The number of aryl methyl sites for hydroxylation is 1. The van der Waals surface area contributed by atoms with Gasteiger partial charge in [0, 0.05) is 4.47 Å². The van der Waals surface area contributed by atoms with Gasteiger partial charge >= 0.3 is 0 Å². The minimum Gasteiger partial charge on any atom is -0.0581 e. The molecule has 0 aliphatic heterocycles. The van der Waals surface area contributed by atoms with Crippen molar-refractivity contribution in [2.24, 2.45) is 0 Å². The van der Waals surface area contributed by atoms with Crippen LogP contribution in [0.2, 0.25) is 0 Å². The summed E-state index contributed by atoms with van der Waals surface area (Å²) in [6.07, 6.45) is 0. The normalized spacial score (nSPS) is 10.1. The Morgan fingerprint density at radius 2 is 1.57 bits per heavy atom. The topological polar surface area (TPSA) is 0 Å². The fourth-order valence-corrected chi connectivity index (χ4v) is 1.59. The van der Waals surface area contributed by atoms with Gasteiger partial charge in [-0.15, -0.1) is 0 Å². The van der Waals surface area contributed by atoms with E-state index < -0.39 is 0 Å². The van der Waals surface area contributed by atoms with E-state index in [0.717, 1.165) is 4.47 Å². The second-order valence-corrected chi connectivity index (χ2v) is 4.18. The number of benzene rings is 2. The highest BCUT2D eigenvalue weighted by molar-refractivity contribution is 9.10. The molecule has 0 aromatic heterocycles. The molecule has 0 bridgehead atoms. The minimum absolute atomic E-state index is 1.11. The third-order valence-corrected chi connectivity index (χ3v) is 2.67. The molecular weight excluding hydrogens is 236 g/mol. The quantitative estimate of drug-likeness (QED) is 0.706. The van der Waals surface area contributed by atoms with E-state index in [-0.39, 0.29) is 0 Å². The number of hydrogen-bond donors (Lipinski definition) is 0. The maximum absolute atomic E-state index is 3.42. The van der Waals surface area contributed by atoms with Crippen molar-refractivity contribution in [1.82, 2.24) is 0 Å². The van der Waals surface area contributed by atoms with Crippen LogP contribution in [0, 0.1) is 13.0 Å². The lowest BCUT2D eigenvalue weighted by atomic mass is 10.0. The van der Waals surface area contributed by atoms with E-state index in [4.69, 9.17) is 0 Å². The Bertz CT molecular complexity index is 368. The maximum Gasteiger partial charge on any atom is 0.0175 e. The van der Waals surface area contributed by atoms with Gasteiger partial charge in [-0.05, 0) is 47.9 Å². The van der Waals surface area contributed by atoms with Crippen molar-refractivity contribution in [3.8, 4) is 11.1 Å². The summed E-state index contributed by atoms with van der Waals surface area (Å²) in [6, 6.07) is 17.7. The molecule has 0 saturated heterocycles. The molecule has 1 radical (unpaired) electrons. The second-order valence-electron chi connectivity index (χ2n) is 3.27. The molecule has 0 N–H and O–H groups in total. The summed E-state index contributed by atoms with van der Waals surface area (Å²) in [5.41, 5.74) is 3.61. The zero-order chi connectivity index (χ0) is 9.97. The van der Waals surface area contributed by atoms with Crippen LogP contribution in [0.1, 0.15) is 5.56 Å². The van der Waals surface area contributed by atoms with Crippen LogP contribution in [0.3, 0.4) is 0 Å². The van der Waals surface area contributed by atoms with Crippen LogP contribution in [-0.4, -0.2) is 0 Å². The van der Waals surface area contributed by atoms with Gasteiger partial charge in [0.1, 0.15) is 0 Å². The van der Waals surface area contributed by atoms with Crippen LogP contribution in [0.4, 0.5) is 0 Å². The number of hydrogen-bond acceptors (Lipinski definition) is 0. The zero-order valence-corrected chi connectivity index (χ0v) is 9.51. The average molecular weight is 246 g/mol. The van der Waals surface area contributed by atoms with Gasteiger partial charge in [-0.3, -0.25) is 0 Å². The van der Waals surface area contributed by atoms with Crippen molar-refractivity contribution in [1.29, 1.82) is 0 Å². The standard InChI is InChI=1S/C13H10Br/c1-10-2-4-11(5-3-10)12-6-8-13(14)9-7-12/h2,4-9H,1H3. The van der Waals surface area contributed by atoms with Gasteiger partial charge in [-0.25, -0.2) is 0 Å². The van der Waals surface area contributed by atoms with Gasteiger partial charge in [0.25, 0.3) is 0 Å². The van der Waals surface area contributed by atoms with Crippen LogP contribution in [0.15, 0.2) is 46.9 Å². The highest BCUT2D eigenvalue weighted by atomic mass is 79.9. The van der Waals surface area contributed by atoms with Gasteiger partial charge in [0.15, 0.2) is 0 Å². The molecule has 0 heterocycles. The Morgan fingerprint density at radius 1 is 0.929 bits per heavy atom. The Kier molecular flexibility index (Phi) is 2.69. The van der Waals surface area contributed by atoms with Crippen LogP contribution >= 0.6 is 15.9 Å². The molecule has 0 aliphatic carbocycles. The summed E-state index contributed by atoms with van der Waals surface area (Å²) in [4.78, 5) is 0. The zero-order valence-electron chi connectivity index (χ0n) is 7.92. The van der Waals surface area contributed by atoms with E-state index in [0.29, 0.717) is 0 Å². The largest absolute Gasteiger partial charge is 0.0581 e. The Hall–Kier alpha value is -1.08. The molecule has 69 valence electrons. The van der Waals surface area contributed by atoms with Crippen molar-refractivity contribution < 1.29 is 0 Å². The Labute approximate surface area is 92.7 Å². The van der Waals surface area contributed by atoms with Crippen molar-refractivity contribution in [3.63, 3.8) is 0 Å². The first-order valence-electron chi connectivity index (χ1n) is 4.50. The Morgan fingerprint density at radius 3 is 2.14 bits per heavy atom.